The van der Waals surface area contributed by atoms with Gasteiger partial charge in [0.1, 0.15) is 18.6 Å². The molecule has 0 bridgehead atoms. The monoisotopic (exact) mass is 207 g/mol. The van der Waals surface area contributed by atoms with Crippen molar-refractivity contribution in [2.45, 2.75) is 13.5 Å². The van der Waals surface area contributed by atoms with Crippen LogP contribution in [0.15, 0.2) is 34.9 Å². The molecule has 0 radical (unpaired) electrons. The van der Waals surface area contributed by atoms with Crippen LogP contribution >= 0.6 is 0 Å². The molecular formula is C11H10FNO2. The molecule has 78 valence electrons. The summed E-state index contributed by atoms with van der Waals surface area (Å²) in [6.45, 7) is 1.95. The molecule has 0 unspecified atom stereocenters. The van der Waals surface area contributed by atoms with Gasteiger partial charge < -0.3 is 9.15 Å². The molecule has 15 heavy (non-hydrogen) atoms. The second-order valence-electron chi connectivity index (χ2n) is 3.08. The number of rotatable bonds is 3. The Morgan fingerprint density at radius 1 is 1.40 bits per heavy atom. The fraction of sp³-hybridized carbons (Fsp3) is 0.182. The van der Waals surface area contributed by atoms with E-state index in [0.717, 1.165) is 0 Å². The maximum atomic E-state index is 13.1. The Bertz CT molecular complexity index is 453. The lowest BCUT2D eigenvalue weighted by atomic mass is 10.3. The van der Waals surface area contributed by atoms with Gasteiger partial charge in [0.05, 0.1) is 0 Å². The van der Waals surface area contributed by atoms with Crippen LogP contribution in [0.2, 0.25) is 0 Å². The molecule has 0 aliphatic carbocycles. The lowest BCUT2D eigenvalue weighted by Crippen LogP contribution is -1.97. The van der Waals surface area contributed by atoms with Gasteiger partial charge in [-0.05, 0) is 12.1 Å². The van der Waals surface area contributed by atoms with E-state index in [4.69, 9.17) is 9.15 Å². The third-order valence-electron chi connectivity index (χ3n) is 1.88. The average Bonchev–Trinajstić information content (AvgIpc) is 2.63. The van der Waals surface area contributed by atoms with Crippen molar-refractivity contribution in [2.75, 3.05) is 0 Å². The highest BCUT2D eigenvalue weighted by Gasteiger charge is 2.04. The number of hydrogen-bond donors (Lipinski definition) is 0. The molecule has 0 saturated carbocycles. The molecule has 1 aromatic carbocycles. The normalized spacial score (nSPS) is 10.3. The van der Waals surface area contributed by atoms with Crippen LogP contribution in [0.1, 0.15) is 11.6 Å². The SMILES string of the molecule is Cc1nc(COc2ccccc2F)co1. The fourth-order valence-electron chi connectivity index (χ4n) is 1.19. The van der Waals surface area contributed by atoms with E-state index in [9.17, 15) is 4.39 Å². The third-order valence-corrected chi connectivity index (χ3v) is 1.88. The van der Waals surface area contributed by atoms with Gasteiger partial charge in [-0.15, -0.1) is 0 Å². The Labute approximate surface area is 86.5 Å². The van der Waals surface area contributed by atoms with Crippen molar-refractivity contribution in [1.29, 1.82) is 0 Å². The van der Waals surface area contributed by atoms with E-state index in [-0.39, 0.29) is 18.2 Å². The molecular weight excluding hydrogens is 197 g/mol. The highest BCUT2D eigenvalue weighted by molar-refractivity contribution is 5.23. The van der Waals surface area contributed by atoms with E-state index in [2.05, 4.69) is 4.98 Å². The summed E-state index contributed by atoms with van der Waals surface area (Å²) in [5.41, 5.74) is 0.649. The molecule has 3 nitrogen and oxygen atoms in total. The molecule has 0 saturated heterocycles. The molecule has 0 aliphatic heterocycles. The summed E-state index contributed by atoms with van der Waals surface area (Å²) >= 11 is 0. The van der Waals surface area contributed by atoms with Crippen LogP contribution in [-0.4, -0.2) is 4.98 Å². The topological polar surface area (TPSA) is 35.3 Å². The van der Waals surface area contributed by atoms with Gasteiger partial charge >= 0.3 is 0 Å². The minimum Gasteiger partial charge on any atom is -0.484 e. The second-order valence-corrected chi connectivity index (χ2v) is 3.08. The molecule has 4 heteroatoms. The highest BCUT2D eigenvalue weighted by Crippen LogP contribution is 2.16. The van der Waals surface area contributed by atoms with Crippen LogP contribution in [0.25, 0.3) is 0 Å². The number of benzene rings is 1. The summed E-state index contributed by atoms with van der Waals surface area (Å²) in [5, 5.41) is 0. The Kier molecular flexibility index (Phi) is 2.67. The molecule has 2 aromatic rings. The smallest absolute Gasteiger partial charge is 0.191 e. The number of halogens is 1. The van der Waals surface area contributed by atoms with E-state index < -0.39 is 0 Å². The summed E-state index contributed by atoms with van der Waals surface area (Å²) < 4.78 is 23.4. The number of oxazole rings is 1. The van der Waals surface area contributed by atoms with Gasteiger partial charge in [0, 0.05) is 6.92 Å². The summed E-state index contributed by atoms with van der Waals surface area (Å²) in [6.07, 6.45) is 1.50. The first-order valence-corrected chi connectivity index (χ1v) is 4.54. The summed E-state index contributed by atoms with van der Waals surface area (Å²) in [4.78, 5) is 4.04. The third kappa shape index (κ3) is 2.34. The molecule has 1 aromatic heterocycles. The van der Waals surface area contributed by atoms with Crippen LogP contribution in [0.5, 0.6) is 5.75 Å². The van der Waals surface area contributed by atoms with E-state index in [0.29, 0.717) is 11.6 Å². The van der Waals surface area contributed by atoms with E-state index in [1.165, 1.54) is 12.3 Å². The van der Waals surface area contributed by atoms with E-state index in [1.807, 2.05) is 0 Å². The van der Waals surface area contributed by atoms with Crippen LogP contribution in [0, 0.1) is 12.7 Å². The summed E-state index contributed by atoms with van der Waals surface area (Å²) in [5.74, 6) is 0.415. The van der Waals surface area contributed by atoms with Crippen molar-refractivity contribution < 1.29 is 13.5 Å². The minimum atomic E-state index is -0.377. The fourth-order valence-corrected chi connectivity index (χ4v) is 1.19. The first-order valence-electron chi connectivity index (χ1n) is 4.54. The van der Waals surface area contributed by atoms with Gasteiger partial charge in [0.2, 0.25) is 0 Å². The van der Waals surface area contributed by atoms with Gasteiger partial charge in [-0.3, -0.25) is 0 Å². The molecule has 0 amide bonds. The predicted octanol–water partition coefficient (Wildman–Crippen LogP) is 2.70. The zero-order chi connectivity index (χ0) is 10.7. The van der Waals surface area contributed by atoms with Crippen LogP contribution in [0.4, 0.5) is 4.39 Å². The zero-order valence-corrected chi connectivity index (χ0v) is 8.24. The minimum absolute atomic E-state index is 0.207. The first-order chi connectivity index (χ1) is 7.25. The maximum Gasteiger partial charge on any atom is 0.191 e. The van der Waals surface area contributed by atoms with Gasteiger partial charge in [0.25, 0.3) is 0 Å². The average molecular weight is 207 g/mol. The molecule has 0 spiro atoms. The standard InChI is InChI=1S/C11H10FNO2/c1-8-13-9(6-14-8)7-15-11-5-3-2-4-10(11)12/h2-6H,7H2,1H3. The van der Waals surface area contributed by atoms with Gasteiger partial charge in [-0.1, -0.05) is 12.1 Å². The van der Waals surface area contributed by atoms with Gasteiger partial charge in [-0.25, -0.2) is 9.37 Å². The number of aromatic nitrogens is 1. The van der Waals surface area contributed by atoms with Crippen molar-refractivity contribution in [3.63, 3.8) is 0 Å². The lowest BCUT2D eigenvalue weighted by Gasteiger charge is -2.03. The number of aryl methyl sites for hydroxylation is 1. The van der Waals surface area contributed by atoms with Crippen molar-refractivity contribution >= 4 is 0 Å². The van der Waals surface area contributed by atoms with Gasteiger partial charge in [0.15, 0.2) is 17.5 Å². The molecule has 1 heterocycles. The zero-order valence-electron chi connectivity index (χ0n) is 8.24. The Balaban J connectivity index is 2.02. The molecule has 0 fully saturated rings. The Morgan fingerprint density at radius 3 is 2.87 bits per heavy atom. The number of hydrogen-bond acceptors (Lipinski definition) is 3. The van der Waals surface area contributed by atoms with Crippen LogP contribution < -0.4 is 4.74 Å². The van der Waals surface area contributed by atoms with Crippen molar-refractivity contribution in [2.24, 2.45) is 0 Å². The number of ether oxygens (including phenoxy) is 1. The number of para-hydroxylation sites is 1. The summed E-state index contributed by atoms with van der Waals surface area (Å²) in [7, 11) is 0. The molecule has 2 rings (SSSR count). The predicted molar refractivity (Wildman–Crippen MR) is 52.0 cm³/mol. The lowest BCUT2D eigenvalue weighted by molar-refractivity contribution is 0.285. The van der Waals surface area contributed by atoms with Crippen molar-refractivity contribution in [1.82, 2.24) is 4.98 Å². The largest absolute Gasteiger partial charge is 0.484 e. The molecule has 0 aliphatic rings. The molecule has 0 N–H and O–H groups in total. The second kappa shape index (κ2) is 4.13. The Morgan fingerprint density at radius 2 is 2.20 bits per heavy atom. The first kappa shape index (κ1) is 9.71. The van der Waals surface area contributed by atoms with Crippen LogP contribution in [0.3, 0.4) is 0 Å². The van der Waals surface area contributed by atoms with Crippen molar-refractivity contribution in [3.05, 3.63) is 47.9 Å². The number of nitrogens with zero attached hydrogens (tertiary/aromatic N) is 1. The highest BCUT2D eigenvalue weighted by atomic mass is 19.1. The van der Waals surface area contributed by atoms with Crippen molar-refractivity contribution in [3.8, 4) is 5.75 Å². The summed E-state index contributed by atoms with van der Waals surface area (Å²) in [6, 6.07) is 6.25. The van der Waals surface area contributed by atoms with E-state index >= 15 is 0 Å². The Hall–Kier alpha value is -1.84. The van der Waals surface area contributed by atoms with E-state index in [1.54, 1.807) is 25.1 Å². The van der Waals surface area contributed by atoms with Crippen LogP contribution in [-0.2, 0) is 6.61 Å². The molecule has 0 atom stereocenters. The van der Waals surface area contributed by atoms with Gasteiger partial charge in [-0.2, -0.15) is 0 Å². The maximum absolute atomic E-state index is 13.1. The quantitative estimate of drug-likeness (QED) is 0.776.